The van der Waals surface area contributed by atoms with E-state index in [1.54, 1.807) is 0 Å². The molecule has 1 saturated heterocycles. The summed E-state index contributed by atoms with van der Waals surface area (Å²) in [5.74, 6) is 0. The fourth-order valence-electron chi connectivity index (χ4n) is 2.10. The maximum Gasteiger partial charge on any atom is 0.155 e. The Morgan fingerprint density at radius 2 is 1.86 bits per heavy atom. The van der Waals surface area contributed by atoms with Gasteiger partial charge in [0.05, 0.1) is 12.2 Å². The van der Waals surface area contributed by atoms with Gasteiger partial charge in [0.15, 0.2) is 6.29 Å². The summed E-state index contributed by atoms with van der Waals surface area (Å²) in [6.45, 7) is 6.38. The van der Waals surface area contributed by atoms with Gasteiger partial charge in [0.2, 0.25) is 0 Å². The smallest absolute Gasteiger partial charge is 0.155 e. The van der Waals surface area contributed by atoms with Gasteiger partial charge >= 0.3 is 0 Å². The van der Waals surface area contributed by atoms with Crippen LogP contribution in [0, 0.1) is 0 Å². The lowest BCUT2D eigenvalue weighted by molar-refractivity contribution is -0.230. The predicted octanol–water partition coefficient (Wildman–Crippen LogP) is 3.50. The lowest BCUT2D eigenvalue weighted by Gasteiger charge is -2.32. The Hall–Kier alpha value is -0.0800. The maximum absolute atomic E-state index is 5.71. The van der Waals surface area contributed by atoms with Gasteiger partial charge in [-0.2, -0.15) is 0 Å². The van der Waals surface area contributed by atoms with Crippen molar-refractivity contribution in [2.45, 2.75) is 77.8 Å². The number of rotatable bonds is 5. The zero-order valence-corrected chi connectivity index (χ0v) is 9.79. The zero-order chi connectivity index (χ0) is 10.4. The van der Waals surface area contributed by atoms with E-state index in [0.29, 0.717) is 12.2 Å². The van der Waals surface area contributed by atoms with Gasteiger partial charge in [-0.1, -0.05) is 32.6 Å². The van der Waals surface area contributed by atoms with E-state index >= 15 is 0 Å². The van der Waals surface area contributed by atoms with Gasteiger partial charge in [-0.3, -0.25) is 0 Å². The van der Waals surface area contributed by atoms with Gasteiger partial charge in [-0.05, 0) is 26.7 Å². The Labute approximate surface area is 88.0 Å². The first-order valence-electron chi connectivity index (χ1n) is 6.03. The van der Waals surface area contributed by atoms with Crippen molar-refractivity contribution in [2.75, 3.05) is 0 Å². The van der Waals surface area contributed by atoms with Crippen molar-refractivity contribution >= 4 is 0 Å². The van der Waals surface area contributed by atoms with Crippen LogP contribution in [-0.4, -0.2) is 18.5 Å². The molecule has 1 aliphatic heterocycles. The molecular weight excluding hydrogens is 176 g/mol. The molecule has 1 heterocycles. The summed E-state index contributed by atoms with van der Waals surface area (Å²) in [6, 6.07) is 0. The summed E-state index contributed by atoms with van der Waals surface area (Å²) in [5, 5.41) is 0. The van der Waals surface area contributed by atoms with E-state index in [1.807, 2.05) is 6.92 Å². The molecule has 2 heteroatoms. The summed E-state index contributed by atoms with van der Waals surface area (Å²) in [4.78, 5) is 0. The van der Waals surface area contributed by atoms with E-state index in [2.05, 4.69) is 13.8 Å². The van der Waals surface area contributed by atoms with Gasteiger partial charge in [0, 0.05) is 0 Å². The minimum atomic E-state index is -0.00470. The van der Waals surface area contributed by atoms with Crippen LogP contribution in [0.3, 0.4) is 0 Å². The highest BCUT2D eigenvalue weighted by molar-refractivity contribution is 4.68. The van der Waals surface area contributed by atoms with Crippen LogP contribution in [0.1, 0.15) is 59.3 Å². The second-order valence-electron chi connectivity index (χ2n) is 4.36. The van der Waals surface area contributed by atoms with Crippen LogP contribution >= 0.6 is 0 Å². The normalized spacial score (nSPS) is 33.2. The third-order valence-corrected chi connectivity index (χ3v) is 2.78. The monoisotopic (exact) mass is 200 g/mol. The predicted molar refractivity (Wildman–Crippen MR) is 58.3 cm³/mol. The summed E-state index contributed by atoms with van der Waals surface area (Å²) >= 11 is 0. The molecule has 0 spiro atoms. The third-order valence-electron chi connectivity index (χ3n) is 2.78. The van der Waals surface area contributed by atoms with Crippen molar-refractivity contribution in [3.8, 4) is 0 Å². The Morgan fingerprint density at radius 1 is 1.07 bits per heavy atom. The van der Waals surface area contributed by atoms with Crippen molar-refractivity contribution < 1.29 is 9.47 Å². The van der Waals surface area contributed by atoms with Crippen molar-refractivity contribution in [1.29, 1.82) is 0 Å². The molecule has 3 atom stereocenters. The summed E-state index contributed by atoms with van der Waals surface area (Å²) in [5.41, 5.74) is 0. The minimum absolute atomic E-state index is 0.00470. The lowest BCUT2D eigenvalue weighted by Crippen LogP contribution is -2.35. The summed E-state index contributed by atoms with van der Waals surface area (Å²) < 4.78 is 11.2. The molecule has 0 aliphatic carbocycles. The van der Waals surface area contributed by atoms with Crippen LogP contribution in [0.5, 0.6) is 0 Å². The van der Waals surface area contributed by atoms with E-state index in [9.17, 15) is 0 Å². The number of unbranched alkanes of at least 4 members (excludes halogenated alkanes) is 3. The SMILES string of the molecule is CCCCCC[C@H]1C[C@@H](C)OC(C)O1. The molecule has 0 radical (unpaired) electrons. The molecule has 0 aromatic carbocycles. The molecule has 1 aliphatic rings. The lowest BCUT2D eigenvalue weighted by atomic mass is 10.0. The molecular formula is C12H24O2. The zero-order valence-electron chi connectivity index (χ0n) is 9.79. The molecule has 1 unspecified atom stereocenters. The second-order valence-corrected chi connectivity index (χ2v) is 4.36. The van der Waals surface area contributed by atoms with Crippen LogP contribution in [0.2, 0.25) is 0 Å². The Bertz CT molecular complexity index is 137. The van der Waals surface area contributed by atoms with Crippen molar-refractivity contribution in [3.05, 3.63) is 0 Å². The van der Waals surface area contributed by atoms with Gasteiger partial charge in [-0.15, -0.1) is 0 Å². The average Bonchev–Trinajstić information content (AvgIpc) is 2.11. The van der Waals surface area contributed by atoms with E-state index in [4.69, 9.17) is 9.47 Å². The number of hydrogen-bond donors (Lipinski definition) is 0. The van der Waals surface area contributed by atoms with E-state index in [1.165, 1.54) is 32.1 Å². The van der Waals surface area contributed by atoms with E-state index in [-0.39, 0.29) is 6.29 Å². The first-order chi connectivity index (χ1) is 6.72. The van der Waals surface area contributed by atoms with Crippen LogP contribution in [0.4, 0.5) is 0 Å². The molecule has 1 fully saturated rings. The van der Waals surface area contributed by atoms with Crippen LogP contribution in [-0.2, 0) is 9.47 Å². The standard InChI is InChI=1S/C12H24O2/c1-4-5-6-7-8-12-9-10(2)13-11(3)14-12/h10-12H,4-9H2,1-3H3/t10-,11?,12+/m1/s1. The fraction of sp³-hybridized carbons (Fsp3) is 1.00. The maximum atomic E-state index is 5.71. The molecule has 0 amide bonds. The van der Waals surface area contributed by atoms with Crippen LogP contribution < -0.4 is 0 Å². The molecule has 84 valence electrons. The van der Waals surface area contributed by atoms with Crippen molar-refractivity contribution in [3.63, 3.8) is 0 Å². The topological polar surface area (TPSA) is 18.5 Å². The highest BCUT2D eigenvalue weighted by Crippen LogP contribution is 2.22. The number of hydrogen-bond acceptors (Lipinski definition) is 2. The molecule has 0 saturated carbocycles. The van der Waals surface area contributed by atoms with Gasteiger partial charge in [0.1, 0.15) is 0 Å². The van der Waals surface area contributed by atoms with Crippen LogP contribution in [0.15, 0.2) is 0 Å². The Morgan fingerprint density at radius 3 is 2.50 bits per heavy atom. The van der Waals surface area contributed by atoms with Gasteiger partial charge < -0.3 is 9.47 Å². The summed E-state index contributed by atoms with van der Waals surface area (Å²) in [7, 11) is 0. The van der Waals surface area contributed by atoms with Crippen molar-refractivity contribution in [1.82, 2.24) is 0 Å². The molecule has 0 aromatic rings. The van der Waals surface area contributed by atoms with E-state index < -0.39 is 0 Å². The highest BCUT2D eigenvalue weighted by atomic mass is 16.7. The first kappa shape index (κ1) is 12.0. The molecule has 14 heavy (non-hydrogen) atoms. The molecule has 0 N–H and O–H groups in total. The van der Waals surface area contributed by atoms with Gasteiger partial charge in [0.25, 0.3) is 0 Å². The van der Waals surface area contributed by atoms with Crippen LogP contribution in [0.25, 0.3) is 0 Å². The molecule has 2 nitrogen and oxygen atoms in total. The van der Waals surface area contributed by atoms with Crippen molar-refractivity contribution in [2.24, 2.45) is 0 Å². The second kappa shape index (κ2) is 6.41. The molecule has 1 rings (SSSR count). The third kappa shape index (κ3) is 4.43. The number of ether oxygens (including phenoxy) is 2. The Kier molecular flexibility index (Phi) is 5.49. The highest BCUT2D eigenvalue weighted by Gasteiger charge is 2.23. The molecule has 0 bridgehead atoms. The first-order valence-corrected chi connectivity index (χ1v) is 6.03. The van der Waals surface area contributed by atoms with E-state index in [0.717, 1.165) is 6.42 Å². The minimum Gasteiger partial charge on any atom is -0.350 e. The quantitative estimate of drug-likeness (QED) is 0.632. The summed E-state index contributed by atoms with van der Waals surface area (Å²) in [6.07, 6.45) is 8.39. The Balaban J connectivity index is 2.10. The average molecular weight is 200 g/mol. The largest absolute Gasteiger partial charge is 0.350 e. The fourth-order valence-corrected chi connectivity index (χ4v) is 2.10. The van der Waals surface area contributed by atoms with Gasteiger partial charge in [-0.25, -0.2) is 0 Å². The molecule has 0 aromatic heterocycles.